The highest BCUT2D eigenvalue weighted by Gasteiger charge is 2.21. The summed E-state index contributed by atoms with van der Waals surface area (Å²) in [5.74, 6) is -0.994. The number of benzene rings is 2. The Morgan fingerprint density at radius 2 is 1.78 bits per heavy atom. The van der Waals surface area contributed by atoms with E-state index in [4.69, 9.17) is 4.74 Å². The van der Waals surface area contributed by atoms with E-state index in [1.807, 2.05) is 41.8 Å². The number of rotatable bonds is 6. The van der Waals surface area contributed by atoms with E-state index in [0.29, 0.717) is 16.4 Å². The topological polar surface area (TPSA) is 80.3 Å². The van der Waals surface area contributed by atoms with E-state index in [-0.39, 0.29) is 0 Å². The molecular formula is C20H19N3O3S. The van der Waals surface area contributed by atoms with E-state index >= 15 is 0 Å². The highest BCUT2D eigenvalue weighted by Crippen LogP contribution is 2.25. The summed E-state index contributed by atoms with van der Waals surface area (Å²) >= 11 is 1.32. The van der Waals surface area contributed by atoms with Gasteiger partial charge in [-0.15, -0.1) is 11.3 Å². The molecule has 0 bridgehead atoms. The maximum absolute atomic E-state index is 12.3. The second kappa shape index (κ2) is 8.46. The molecule has 2 aromatic carbocycles. The van der Waals surface area contributed by atoms with Gasteiger partial charge in [0.15, 0.2) is 11.2 Å². The van der Waals surface area contributed by atoms with Crippen molar-refractivity contribution in [1.82, 2.24) is 4.98 Å². The third-order valence-electron chi connectivity index (χ3n) is 3.87. The molecule has 0 radical (unpaired) electrons. The summed E-state index contributed by atoms with van der Waals surface area (Å²) in [4.78, 5) is 29.1. The molecule has 0 aliphatic heterocycles. The molecule has 27 heavy (non-hydrogen) atoms. The highest BCUT2D eigenvalue weighted by atomic mass is 32.1. The first-order valence-electron chi connectivity index (χ1n) is 8.38. The summed E-state index contributed by atoms with van der Waals surface area (Å²) in [6.07, 6.45) is -0.952. The Bertz CT molecular complexity index is 940. The van der Waals surface area contributed by atoms with Crippen LogP contribution in [0.5, 0.6) is 0 Å². The van der Waals surface area contributed by atoms with Gasteiger partial charge in [-0.05, 0) is 19.1 Å². The van der Waals surface area contributed by atoms with Crippen LogP contribution in [0.3, 0.4) is 0 Å². The van der Waals surface area contributed by atoms with E-state index < -0.39 is 18.0 Å². The van der Waals surface area contributed by atoms with E-state index in [2.05, 4.69) is 15.6 Å². The van der Waals surface area contributed by atoms with Crippen LogP contribution in [-0.4, -0.2) is 30.0 Å². The van der Waals surface area contributed by atoms with Gasteiger partial charge in [0.1, 0.15) is 0 Å². The molecule has 3 aromatic rings. The molecule has 0 spiro atoms. The number of nitrogens with zero attached hydrogens (tertiary/aromatic N) is 1. The second-order valence-corrected chi connectivity index (χ2v) is 6.59. The van der Waals surface area contributed by atoms with E-state index in [1.165, 1.54) is 18.3 Å². The van der Waals surface area contributed by atoms with Crippen molar-refractivity contribution in [3.8, 4) is 11.3 Å². The van der Waals surface area contributed by atoms with Crippen molar-refractivity contribution < 1.29 is 14.3 Å². The Hall–Kier alpha value is -3.19. The number of hydrogen-bond donors (Lipinski definition) is 2. The number of carbonyl (C=O) groups excluding carboxylic acids is 2. The monoisotopic (exact) mass is 381 g/mol. The molecule has 1 amide bonds. The normalized spacial score (nSPS) is 11.5. The number of thiazole rings is 1. The lowest BCUT2D eigenvalue weighted by Gasteiger charge is -2.14. The number of nitrogens with one attached hydrogen (secondary N) is 2. The first-order chi connectivity index (χ1) is 13.1. The smallest absolute Gasteiger partial charge is 0.341 e. The highest BCUT2D eigenvalue weighted by molar-refractivity contribution is 7.14. The third kappa shape index (κ3) is 4.51. The van der Waals surface area contributed by atoms with Crippen molar-refractivity contribution in [2.45, 2.75) is 13.0 Å². The first-order valence-corrected chi connectivity index (χ1v) is 9.26. The van der Waals surface area contributed by atoms with Crippen LogP contribution in [0.4, 0.5) is 10.8 Å². The van der Waals surface area contributed by atoms with Crippen LogP contribution in [-0.2, 0) is 9.53 Å². The Labute approximate surface area is 161 Å². The van der Waals surface area contributed by atoms with Crippen LogP contribution in [0, 0.1) is 0 Å². The maximum Gasteiger partial charge on any atom is 0.341 e. The quantitative estimate of drug-likeness (QED) is 0.630. The van der Waals surface area contributed by atoms with Gasteiger partial charge < -0.3 is 10.1 Å². The summed E-state index contributed by atoms with van der Waals surface area (Å²) in [6, 6.07) is 16.6. The summed E-state index contributed by atoms with van der Waals surface area (Å²) in [7, 11) is 1.72. The predicted octanol–water partition coefficient (Wildman–Crippen LogP) is 4.04. The largest absolute Gasteiger partial charge is 0.449 e. The summed E-state index contributed by atoms with van der Waals surface area (Å²) in [6.45, 7) is 1.53. The molecule has 7 heteroatoms. The molecule has 1 aromatic heterocycles. The lowest BCUT2D eigenvalue weighted by molar-refractivity contribution is -0.123. The molecule has 0 aliphatic rings. The Balaban J connectivity index is 1.63. The number of para-hydroxylation sites is 1. The fourth-order valence-corrected chi connectivity index (χ4v) is 3.16. The van der Waals surface area contributed by atoms with Crippen molar-refractivity contribution in [3.05, 3.63) is 65.5 Å². The number of hydrogen-bond acceptors (Lipinski definition) is 6. The lowest BCUT2D eigenvalue weighted by Crippen LogP contribution is -2.30. The van der Waals surface area contributed by atoms with Gasteiger partial charge in [-0.1, -0.05) is 42.5 Å². The van der Waals surface area contributed by atoms with Gasteiger partial charge in [-0.25, -0.2) is 9.78 Å². The number of carbonyl (C=O) groups is 2. The second-order valence-electron chi connectivity index (χ2n) is 5.74. The molecule has 6 nitrogen and oxygen atoms in total. The number of anilines is 2. The Kier molecular flexibility index (Phi) is 5.83. The molecular weight excluding hydrogens is 362 g/mol. The van der Waals surface area contributed by atoms with Crippen molar-refractivity contribution in [1.29, 1.82) is 0 Å². The van der Waals surface area contributed by atoms with Crippen molar-refractivity contribution in [2.75, 3.05) is 17.7 Å². The molecule has 3 rings (SSSR count). The first kappa shape index (κ1) is 18.6. The fourth-order valence-electron chi connectivity index (χ4n) is 2.44. The summed E-state index contributed by atoms with van der Waals surface area (Å²) in [5, 5.41) is 7.94. The van der Waals surface area contributed by atoms with E-state index in [0.717, 1.165) is 11.3 Å². The molecule has 0 saturated carbocycles. The van der Waals surface area contributed by atoms with Gasteiger partial charge in [0.05, 0.1) is 11.3 Å². The zero-order valence-corrected chi connectivity index (χ0v) is 15.7. The number of ether oxygens (including phenoxy) is 1. The average Bonchev–Trinajstić information content (AvgIpc) is 3.17. The molecule has 2 N–H and O–H groups in total. The molecule has 0 fully saturated rings. The van der Waals surface area contributed by atoms with E-state index in [9.17, 15) is 9.59 Å². The van der Waals surface area contributed by atoms with Crippen molar-refractivity contribution in [2.24, 2.45) is 0 Å². The van der Waals surface area contributed by atoms with Gasteiger partial charge in [0.2, 0.25) is 0 Å². The Morgan fingerprint density at radius 1 is 1.07 bits per heavy atom. The molecule has 0 saturated heterocycles. The standard InChI is InChI=1S/C20H19N3O3S/c1-13(26-19(25)15-10-6-7-11-16(15)21-2)18(24)23-20-22-17(12-27-20)14-8-4-3-5-9-14/h3-13,21H,1-2H3,(H,22,23,24). The van der Waals surface area contributed by atoms with Gasteiger partial charge in [0, 0.05) is 23.7 Å². The number of esters is 1. The van der Waals surface area contributed by atoms with Crippen LogP contribution in [0.25, 0.3) is 11.3 Å². The molecule has 1 heterocycles. The van der Waals surface area contributed by atoms with Gasteiger partial charge in [-0.3, -0.25) is 10.1 Å². The molecule has 0 aliphatic carbocycles. The predicted molar refractivity (Wildman–Crippen MR) is 107 cm³/mol. The molecule has 1 unspecified atom stereocenters. The average molecular weight is 381 g/mol. The molecule has 138 valence electrons. The van der Waals surface area contributed by atoms with Gasteiger partial charge >= 0.3 is 5.97 Å². The number of aromatic nitrogens is 1. The third-order valence-corrected chi connectivity index (χ3v) is 4.63. The zero-order valence-electron chi connectivity index (χ0n) is 14.9. The van der Waals surface area contributed by atoms with Crippen LogP contribution in [0.2, 0.25) is 0 Å². The van der Waals surface area contributed by atoms with Crippen LogP contribution in [0.1, 0.15) is 17.3 Å². The van der Waals surface area contributed by atoms with Gasteiger partial charge in [-0.2, -0.15) is 0 Å². The maximum atomic E-state index is 12.3. The minimum atomic E-state index is -0.952. The minimum absolute atomic E-state index is 0.375. The zero-order chi connectivity index (χ0) is 19.2. The van der Waals surface area contributed by atoms with Crippen LogP contribution >= 0.6 is 11.3 Å². The summed E-state index contributed by atoms with van der Waals surface area (Å²) < 4.78 is 5.29. The fraction of sp³-hybridized carbons (Fsp3) is 0.150. The Morgan fingerprint density at radius 3 is 2.52 bits per heavy atom. The number of amides is 1. The molecule has 1 atom stereocenters. The van der Waals surface area contributed by atoms with Gasteiger partial charge in [0.25, 0.3) is 5.91 Å². The minimum Gasteiger partial charge on any atom is -0.449 e. The lowest BCUT2D eigenvalue weighted by atomic mass is 10.2. The van der Waals surface area contributed by atoms with Crippen molar-refractivity contribution >= 4 is 34.0 Å². The summed E-state index contributed by atoms with van der Waals surface area (Å²) in [5.41, 5.74) is 2.77. The van der Waals surface area contributed by atoms with E-state index in [1.54, 1.807) is 25.2 Å². The SMILES string of the molecule is CNc1ccccc1C(=O)OC(C)C(=O)Nc1nc(-c2ccccc2)cs1. The van der Waals surface area contributed by atoms with Crippen LogP contribution < -0.4 is 10.6 Å². The van der Waals surface area contributed by atoms with Crippen LogP contribution in [0.15, 0.2) is 60.0 Å². The van der Waals surface area contributed by atoms with Crippen molar-refractivity contribution in [3.63, 3.8) is 0 Å².